The van der Waals surface area contributed by atoms with E-state index in [4.69, 9.17) is 0 Å². The number of carboxylic acids is 1. The van der Waals surface area contributed by atoms with Crippen LogP contribution in [-0.4, -0.2) is 11.1 Å². The van der Waals surface area contributed by atoms with E-state index < -0.39 is 5.97 Å². The Morgan fingerprint density at radius 1 is 1.31 bits per heavy atom. The lowest BCUT2D eigenvalue weighted by Crippen LogP contribution is -2.20. The van der Waals surface area contributed by atoms with Gasteiger partial charge < -0.3 is 5.11 Å². The molecule has 1 atom stereocenters. The molecule has 1 unspecified atom stereocenters. The number of carbonyl (C=O) groups is 1. The van der Waals surface area contributed by atoms with Gasteiger partial charge in [-0.1, -0.05) is 47.0 Å². The highest BCUT2D eigenvalue weighted by atomic mass is 79.9. The van der Waals surface area contributed by atoms with Crippen molar-refractivity contribution in [1.82, 2.24) is 0 Å². The number of hydrogen-bond donors (Lipinski definition) is 1. The molecule has 0 spiro atoms. The third kappa shape index (κ3) is 2.29. The molecular weight excluding hydrogens is 268 g/mol. The predicted molar refractivity (Wildman–Crippen MR) is 66.5 cm³/mol. The van der Waals surface area contributed by atoms with Crippen molar-refractivity contribution < 1.29 is 9.90 Å². The van der Waals surface area contributed by atoms with Crippen molar-refractivity contribution in [3.05, 3.63) is 34.3 Å². The van der Waals surface area contributed by atoms with Gasteiger partial charge in [-0.3, -0.25) is 4.79 Å². The average molecular weight is 283 g/mol. The minimum atomic E-state index is -0.696. The summed E-state index contributed by atoms with van der Waals surface area (Å²) in [7, 11) is 0. The summed E-state index contributed by atoms with van der Waals surface area (Å²) >= 11 is 3.45. The third-order valence-electron chi connectivity index (χ3n) is 3.38. The maximum absolute atomic E-state index is 11.4. The lowest BCUT2D eigenvalue weighted by molar-refractivity contribution is -0.140. The van der Waals surface area contributed by atoms with Gasteiger partial charge in [-0.25, -0.2) is 0 Å². The van der Waals surface area contributed by atoms with E-state index >= 15 is 0 Å². The molecule has 86 valence electrons. The molecule has 1 aromatic rings. The zero-order chi connectivity index (χ0) is 11.5. The first-order chi connectivity index (χ1) is 7.70. The number of rotatable bonds is 3. The van der Waals surface area contributed by atoms with Gasteiger partial charge in [0, 0.05) is 4.47 Å². The lowest BCUT2D eigenvalue weighted by atomic mass is 9.85. The van der Waals surface area contributed by atoms with Crippen LogP contribution in [0, 0.1) is 5.92 Å². The molecule has 0 bridgehead atoms. The van der Waals surface area contributed by atoms with E-state index in [1.807, 2.05) is 24.3 Å². The smallest absolute Gasteiger partial charge is 0.311 e. The van der Waals surface area contributed by atoms with E-state index in [-0.39, 0.29) is 5.92 Å². The van der Waals surface area contributed by atoms with E-state index in [1.165, 1.54) is 12.8 Å². The minimum absolute atomic E-state index is 0.302. The zero-order valence-corrected chi connectivity index (χ0v) is 10.6. The van der Waals surface area contributed by atoms with Crippen LogP contribution in [0.3, 0.4) is 0 Å². The average Bonchev–Trinajstić information content (AvgIpc) is 2.74. The maximum atomic E-state index is 11.4. The van der Waals surface area contributed by atoms with Crippen molar-refractivity contribution in [2.24, 2.45) is 5.92 Å². The van der Waals surface area contributed by atoms with Crippen LogP contribution < -0.4 is 0 Å². The van der Waals surface area contributed by atoms with Crippen LogP contribution in [0.2, 0.25) is 0 Å². The van der Waals surface area contributed by atoms with Crippen LogP contribution in [0.4, 0.5) is 0 Å². The monoisotopic (exact) mass is 282 g/mol. The molecule has 0 amide bonds. The molecule has 0 aromatic heterocycles. The van der Waals surface area contributed by atoms with Gasteiger partial charge in [0.15, 0.2) is 0 Å². The van der Waals surface area contributed by atoms with E-state index in [9.17, 15) is 9.90 Å². The van der Waals surface area contributed by atoms with E-state index in [1.54, 1.807) is 0 Å². The van der Waals surface area contributed by atoms with Crippen LogP contribution in [0.1, 0.15) is 37.2 Å². The molecule has 3 heteroatoms. The Morgan fingerprint density at radius 2 is 1.94 bits per heavy atom. The van der Waals surface area contributed by atoms with Gasteiger partial charge in [0.2, 0.25) is 0 Å². The van der Waals surface area contributed by atoms with Gasteiger partial charge in [-0.2, -0.15) is 0 Å². The largest absolute Gasteiger partial charge is 0.481 e. The number of benzene rings is 1. The first-order valence-corrected chi connectivity index (χ1v) is 6.46. The van der Waals surface area contributed by atoms with E-state index in [2.05, 4.69) is 15.9 Å². The van der Waals surface area contributed by atoms with Gasteiger partial charge in [-0.15, -0.1) is 0 Å². The normalized spacial score (nSPS) is 18.6. The van der Waals surface area contributed by atoms with E-state index in [0.29, 0.717) is 5.92 Å². The molecule has 2 rings (SSSR count). The second-order valence-electron chi connectivity index (χ2n) is 4.38. The van der Waals surface area contributed by atoms with E-state index in [0.717, 1.165) is 22.9 Å². The SMILES string of the molecule is O=C(O)C(c1ccccc1Br)C1CCCC1. The second kappa shape index (κ2) is 5.00. The van der Waals surface area contributed by atoms with Crippen LogP contribution in [0.15, 0.2) is 28.7 Å². The summed E-state index contributed by atoms with van der Waals surface area (Å²) in [5.74, 6) is -0.743. The molecule has 0 radical (unpaired) electrons. The lowest BCUT2D eigenvalue weighted by Gasteiger charge is -2.20. The van der Waals surface area contributed by atoms with Gasteiger partial charge in [0.25, 0.3) is 0 Å². The Hall–Kier alpha value is -0.830. The molecule has 1 fully saturated rings. The van der Waals surface area contributed by atoms with Crippen LogP contribution in [0.5, 0.6) is 0 Å². The molecule has 16 heavy (non-hydrogen) atoms. The van der Waals surface area contributed by atoms with Crippen molar-refractivity contribution in [2.75, 3.05) is 0 Å². The highest BCUT2D eigenvalue weighted by molar-refractivity contribution is 9.10. The topological polar surface area (TPSA) is 37.3 Å². The highest BCUT2D eigenvalue weighted by Gasteiger charge is 2.32. The number of carboxylic acid groups (broad SMARTS) is 1. The molecule has 1 N–H and O–H groups in total. The Kier molecular flexibility index (Phi) is 3.64. The molecular formula is C13H15BrO2. The van der Waals surface area contributed by atoms with Crippen LogP contribution in [-0.2, 0) is 4.79 Å². The summed E-state index contributed by atoms with van der Waals surface area (Å²) in [4.78, 5) is 11.4. The Morgan fingerprint density at radius 3 is 2.50 bits per heavy atom. The van der Waals surface area contributed by atoms with Crippen molar-refractivity contribution in [3.8, 4) is 0 Å². The number of aliphatic carboxylic acids is 1. The maximum Gasteiger partial charge on any atom is 0.311 e. The van der Waals surface area contributed by atoms with Gasteiger partial charge in [0.1, 0.15) is 0 Å². The summed E-state index contributed by atoms with van der Waals surface area (Å²) in [6.45, 7) is 0. The molecule has 0 heterocycles. The van der Waals surface area contributed by atoms with Crippen molar-refractivity contribution >= 4 is 21.9 Å². The summed E-state index contributed by atoms with van der Waals surface area (Å²) in [5, 5.41) is 9.39. The summed E-state index contributed by atoms with van der Waals surface area (Å²) in [5.41, 5.74) is 0.918. The second-order valence-corrected chi connectivity index (χ2v) is 5.24. The molecule has 0 saturated heterocycles. The Balaban J connectivity index is 2.32. The van der Waals surface area contributed by atoms with Gasteiger partial charge in [-0.05, 0) is 30.4 Å². The van der Waals surface area contributed by atoms with Gasteiger partial charge >= 0.3 is 5.97 Å². The zero-order valence-electron chi connectivity index (χ0n) is 9.03. The van der Waals surface area contributed by atoms with Gasteiger partial charge in [0.05, 0.1) is 5.92 Å². The number of halogens is 1. The summed E-state index contributed by atoms with van der Waals surface area (Å²) in [6, 6.07) is 7.66. The van der Waals surface area contributed by atoms with Crippen molar-refractivity contribution in [2.45, 2.75) is 31.6 Å². The quantitative estimate of drug-likeness (QED) is 0.916. The number of hydrogen-bond acceptors (Lipinski definition) is 1. The van der Waals surface area contributed by atoms with Crippen LogP contribution >= 0.6 is 15.9 Å². The predicted octanol–water partition coefficient (Wildman–Crippen LogP) is 3.81. The fraction of sp³-hybridized carbons (Fsp3) is 0.462. The molecule has 0 aliphatic heterocycles. The van der Waals surface area contributed by atoms with Crippen LogP contribution in [0.25, 0.3) is 0 Å². The Labute approximate surface area is 104 Å². The molecule has 1 aromatic carbocycles. The molecule has 1 aliphatic carbocycles. The molecule has 1 saturated carbocycles. The fourth-order valence-corrected chi connectivity index (χ4v) is 3.14. The fourth-order valence-electron chi connectivity index (χ4n) is 2.61. The standard InChI is InChI=1S/C13H15BrO2/c14-11-8-4-3-7-10(11)12(13(15)16)9-5-1-2-6-9/h3-4,7-9,12H,1-2,5-6H2,(H,15,16). The minimum Gasteiger partial charge on any atom is -0.481 e. The summed E-state index contributed by atoms with van der Waals surface area (Å²) < 4.78 is 0.911. The third-order valence-corrected chi connectivity index (χ3v) is 4.10. The first kappa shape index (κ1) is 11.6. The van der Waals surface area contributed by atoms with Crippen molar-refractivity contribution in [3.63, 3.8) is 0 Å². The molecule has 2 nitrogen and oxygen atoms in total. The first-order valence-electron chi connectivity index (χ1n) is 5.67. The van der Waals surface area contributed by atoms with Crippen molar-refractivity contribution in [1.29, 1.82) is 0 Å². The Bertz CT molecular complexity index is 383. The highest BCUT2D eigenvalue weighted by Crippen LogP contribution is 2.39. The molecule has 1 aliphatic rings. The summed E-state index contributed by atoms with van der Waals surface area (Å²) in [6.07, 6.45) is 4.41.